The van der Waals surface area contributed by atoms with E-state index in [1.807, 2.05) is 6.92 Å². The van der Waals surface area contributed by atoms with Gasteiger partial charge in [-0.1, -0.05) is 64.3 Å². The van der Waals surface area contributed by atoms with Crippen LogP contribution >= 0.6 is 57.5 Å². The Bertz CT molecular complexity index is 4770. The number of aromatic nitrogens is 4. The van der Waals surface area contributed by atoms with Gasteiger partial charge in [0.2, 0.25) is 35.4 Å². The molecule has 4 aromatic rings. The van der Waals surface area contributed by atoms with Crippen LogP contribution in [0.25, 0.3) is 6.08 Å². The Hall–Kier alpha value is -10.3. The summed E-state index contributed by atoms with van der Waals surface area (Å²) in [6, 6.07) is -12.6. The molecule has 6 aliphatic rings. The number of nitrogens with two attached hydrogens (primary N) is 1. The molecule has 608 valence electrons. The highest BCUT2D eigenvalue weighted by Crippen LogP contribution is 2.46. The first-order valence-electron chi connectivity index (χ1n) is 35.8. The zero-order valence-electron chi connectivity index (χ0n) is 63.2. The summed E-state index contributed by atoms with van der Waals surface area (Å²) in [4.78, 5) is 199. The number of hydrogen-bond acceptors (Lipinski definition) is 31. The van der Waals surface area contributed by atoms with Gasteiger partial charge in [-0.15, -0.1) is 57.5 Å². The van der Waals surface area contributed by atoms with E-state index in [1.165, 1.54) is 76.7 Å². The van der Waals surface area contributed by atoms with Crippen LogP contribution in [0.1, 0.15) is 181 Å². The lowest BCUT2D eigenvalue weighted by Crippen LogP contribution is -2.60. The molecule has 0 saturated heterocycles. The molecule has 114 heavy (non-hydrogen) atoms. The zero-order valence-corrected chi connectivity index (χ0v) is 67.2. The zero-order chi connectivity index (χ0) is 83.4. The lowest BCUT2D eigenvalue weighted by Gasteiger charge is -2.43. The number of pyridine rings is 1. The Balaban J connectivity index is 1.16. The highest BCUT2D eigenvalue weighted by atomic mass is 32.2. The number of carbonyl (C=O) groups excluding carboxylic acids is 12. The molecule has 42 heteroatoms. The van der Waals surface area contributed by atoms with Crippen molar-refractivity contribution in [2.24, 2.45) is 21.6 Å². The minimum Gasteiger partial charge on any atom is -0.455 e. The number of cyclic esters (lactones) is 1. The van der Waals surface area contributed by atoms with Gasteiger partial charge in [0.15, 0.2) is 0 Å². The molecule has 5 aliphatic heterocycles. The van der Waals surface area contributed by atoms with Gasteiger partial charge in [0.05, 0.1) is 76.3 Å². The van der Waals surface area contributed by atoms with Gasteiger partial charge in [-0.25, -0.2) is 24.7 Å². The van der Waals surface area contributed by atoms with Crippen LogP contribution in [-0.4, -0.2) is 204 Å². The molecule has 0 radical (unpaired) electrons. The van der Waals surface area contributed by atoms with Gasteiger partial charge >= 0.3 is 5.97 Å². The Labute approximate surface area is 672 Å². The number of ether oxygens (including phenoxy) is 1. The van der Waals surface area contributed by atoms with Crippen molar-refractivity contribution >= 4 is 145 Å². The van der Waals surface area contributed by atoms with E-state index >= 15 is 14.4 Å². The van der Waals surface area contributed by atoms with Crippen molar-refractivity contribution < 1.29 is 87.8 Å². The van der Waals surface area contributed by atoms with Crippen molar-refractivity contribution in [2.75, 3.05) is 11.5 Å². The van der Waals surface area contributed by atoms with Crippen molar-refractivity contribution in [1.82, 2.24) is 83.7 Å². The summed E-state index contributed by atoms with van der Waals surface area (Å²) in [5, 5.41) is 94.7. The molecule has 0 saturated carbocycles. The van der Waals surface area contributed by atoms with Gasteiger partial charge < -0.3 is 94.5 Å². The van der Waals surface area contributed by atoms with Gasteiger partial charge in [-0.05, 0) is 79.4 Å². The molecule has 11 amide bonds. The maximum atomic E-state index is 15.4. The van der Waals surface area contributed by atoms with Gasteiger partial charge in [0.1, 0.15) is 108 Å². The number of thioether (sulfide) groups is 2. The Morgan fingerprint density at radius 1 is 0.754 bits per heavy atom. The van der Waals surface area contributed by atoms with E-state index in [1.54, 1.807) is 32.1 Å². The third kappa shape index (κ3) is 18.7. The number of amides is 11. The number of esters is 1. The van der Waals surface area contributed by atoms with E-state index in [0.717, 1.165) is 57.5 Å². The predicted octanol–water partition coefficient (Wildman–Crippen LogP) is -0.188. The normalized spacial score (nSPS) is 28.1. The third-order valence-corrected chi connectivity index (χ3v) is 24.6. The van der Waals surface area contributed by atoms with Crippen LogP contribution in [0.2, 0.25) is 0 Å². The van der Waals surface area contributed by atoms with E-state index < -0.39 is 202 Å². The first-order valence-corrected chi connectivity index (χ1v) is 40.4. The number of fused-ring (bicyclic) bond motifs is 7. The maximum Gasteiger partial charge on any atom is 0.357 e. The molecule has 37 nitrogen and oxygen atoms in total. The molecule has 0 spiro atoms. The van der Waals surface area contributed by atoms with Gasteiger partial charge in [0.25, 0.3) is 29.5 Å². The van der Waals surface area contributed by atoms with E-state index in [0.29, 0.717) is 6.42 Å². The molecule has 9 heterocycles. The largest absolute Gasteiger partial charge is 0.455 e. The average Bonchev–Trinajstić information content (AvgIpc) is 1.47. The topological polar surface area (TPSA) is 562 Å². The molecule has 10 rings (SSSR count). The fraction of sp³-hybridized carbons (Fsp3) is 0.444. The summed E-state index contributed by atoms with van der Waals surface area (Å²) in [5.74, 6) is -12.0. The van der Waals surface area contributed by atoms with Crippen LogP contribution in [0.5, 0.6) is 0 Å². The van der Waals surface area contributed by atoms with Crippen molar-refractivity contribution in [2.45, 2.75) is 184 Å². The number of hydrogen-bond donors (Lipinski definition) is 18. The number of nitrogens with one attached hydrogen (secondary N) is 12. The number of aliphatic hydroxyl groups excluding tert-OH is 4. The van der Waals surface area contributed by atoms with Crippen LogP contribution < -0.4 is 69.5 Å². The minimum atomic E-state index is -2.20. The standard InChI is InChI=1S/C72H87N19O18S5/c1-14-26(3)47-63(105)78-30(7)57(99)75-28(5)56(98)76-31(8)58(100)91-72-19-18-40(66-85-43(22-111-66)59(101)77-29(6)55(97)74-27(4)54(73)96)81-52(72)42-21-112-67(83-42)49(34(11)109-69(107)41-20-37(32(9)92)36-16-17-39(79-47)51(95)50(36)80-41)89-60(102)44-24-113-68(86-44)53(71(13,108)35(12)94)90-62(104)45-23-110-65(84-45)38(15-2)82-64(106)48(33(10)93)88-61(103)46-25-114-70(72)87-46/h15-18,20-21,24-26,30-35,39,43,45,47-49,51-53,79,81,92-95,108H,4-6,14,19,22-23H2,1-3,7-13H3,(H2,73,96)(H,74,97)(H,75,99)(H,76,98)(H,77,101)(H,78,105)(H,82,106)(H,88,103)(H,89,102)(H,90,104)(H,91,100)/b38-15+. The Kier molecular flexibility index (Phi) is 26.9. The molecule has 13 bridgehead atoms. The van der Waals surface area contributed by atoms with Crippen LogP contribution in [0, 0.1) is 5.92 Å². The van der Waals surface area contributed by atoms with E-state index in [2.05, 4.69) is 98.5 Å². The highest BCUT2D eigenvalue weighted by Gasteiger charge is 2.51. The van der Waals surface area contributed by atoms with Crippen LogP contribution in [0.15, 0.2) is 98.6 Å². The van der Waals surface area contributed by atoms with Crippen molar-refractivity contribution in [3.05, 3.63) is 143 Å². The van der Waals surface area contributed by atoms with Crippen molar-refractivity contribution in [3.63, 3.8) is 0 Å². The number of rotatable bonds is 12. The maximum absolute atomic E-state index is 15.4. The van der Waals surface area contributed by atoms with Crippen LogP contribution in [0.3, 0.4) is 0 Å². The lowest BCUT2D eigenvalue weighted by molar-refractivity contribution is -0.131. The quantitative estimate of drug-likeness (QED) is 0.0646. The van der Waals surface area contributed by atoms with Gasteiger partial charge in [-0.2, -0.15) is 0 Å². The molecule has 0 fully saturated rings. The number of thiazole rings is 3. The van der Waals surface area contributed by atoms with Crippen molar-refractivity contribution in [1.29, 1.82) is 0 Å². The third-order valence-electron chi connectivity index (χ3n) is 19.6. The number of carbonyl (C=O) groups is 12. The Morgan fingerprint density at radius 2 is 1.43 bits per heavy atom. The molecule has 19 N–H and O–H groups in total. The van der Waals surface area contributed by atoms with E-state index in [-0.39, 0.29) is 88.3 Å². The van der Waals surface area contributed by atoms with Crippen LogP contribution in [-0.2, 0) is 53.4 Å². The summed E-state index contributed by atoms with van der Waals surface area (Å²) in [6.07, 6.45) is -1.47. The molecular weight excluding hydrogens is 1580 g/mol. The first-order chi connectivity index (χ1) is 53.7. The summed E-state index contributed by atoms with van der Waals surface area (Å²) in [5.41, 5.74) is -1.28. The Morgan fingerprint density at radius 3 is 2.11 bits per heavy atom. The predicted molar refractivity (Wildman–Crippen MR) is 420 cm³/mol. The summed E-state index contributed by atoms with van der Waals surface area (Å²) >= 11 is 4.62. The number of allylic oxidation sites excluding steroid dienone is 1. The molecule has 18 atom stereocenters. The number of primary amides is 1. The number of aliphatic hydroxyl groups is 5. The second-order valence-electron chi connectivity index (χ2n) is 28.0. The second-order valence-corrected chi connectivity index (χ2v) is 32.6. The average molecular weight is 1670 g/mol. The fourth-order valence-electron chi connectivity index (χ4n) is 12.4. The summed E-state index contributed by atoms with van der Waals surface area (Å²) in [6.45, 7) is 25.0. The molecule has 4 aromatic heterocycles. The smallest absolute Gasteiger partial charge is 0.357 e. The van der Waals surface area contributed by atoms with E-state index in [9.17, 15) is 68.7 Å². The monoisotopic (exact) mass is 1670 g/mol. The van der Waals surface area contributed by atoms with Gasteiger partial charge in [-0.3, -0.25) is 68.0 Å². The highest BCUT2D eigenvalue weighted by molar-refractivity contribution is 8.15. The summed E-state index contributed by atoms with van der Waals surface area (Å²) in [7, 11) is 0. The van der Waals surface area contributed by atoms with Crippen molar-refractivity contribution in [3.8, 4) is 0 Å². The summed E-state index contributed by atoms with van der Waals surface area (Å²) < 4.78 is 6.27. The minimum absolute atomic E-state index is 0.0126. The SMILES string of the molecule is C=C(NC(=O)C(=C)NC(=O)C1CSC(C2=CCC34NC(=O)C(C)NC(=O)C(=C)NC(=O)C(C)NC(=O)C(C(C)CC)NC5C=Cc6c(C(C)O)cc(nc6C5O)C(=O)OC(C)C(NC(=O)c5csc(n5)C(C(C)(O)C(C)O)NC(=O)C5CSC(=N5)/C(=C\C)NC(=O)C(C(C)O)NC(=O)c5csc3n5)c3nc(cs3)C4N2)=N1)C(N)=O. The molecule has 0 aromatic carbocycles. The first kappa shape index (κ1) is 86.1. The molecule has 18 unspecified atom stereocenters. The number of nitrogens with zero attached hydrogens (tertiary/aromatic N) is 6. The fourth-order valence-corrected chi connectivity index (χ4v) is 17.5. The number of aliphatic imine (C=N–C) groups is 2. The molecule has 1 aliphatic carbocycles. The second kappa shape index (κ2) is 35.6. The lowest BCUT2D eigenvalue weighted by atomic mass is 9.81. The van der Waals surface area contributed by atoms with E-state index in [4.69, 9.17) is 25.4 Å². The van der Waals surface area contributed by atoms with Gasteiger partial charge in [0, 0.05) is 33.2 Å². The molecular formula is C72H87N19O18S5. The van der Waals surface area contributed by atoms with Crippen LogP contribution in [0.4, 0.5) is 0 Å².